The van der Waals surface area contributed by atoms with Gasteiger partial charge < -0.3 is 9.64 Å². The van der Waals surface area contributed by atoms with Crippen LogP contribution in [0.15, 0.2) is 46.9 Å². The maximum absolute atomic E-state index is 13.2. The fourth-order valence-corrected chi connectivity index (χ4v) is 4.56. The first kappa shape index (κ1) is 19.6. The molecule has 0 spiro atoms. The molecule has 29 heavy (non-hydrogen) atoms. The van der Waals surface area contributed by atoms with Gasteiger partial charge in [0.25, 0.3) is 5.91 Å². The van der Waals surface area contributed by atoms with E-state index in [2.05, 4.69) is 5.10 Å². The van der Waals surface area contributed by atoms with Gasteiger partial charge in [0.1, 0.15) is 12.3 Å². The number of ether oxygens (including phenoxy) is 1. The largest absolute Gasteiger partial charge is 0.496 e. The van der Waals surface area contributed by atoms with Gasteiger partial charge in [0.15, 0.2) is 0 Å². The SMILES string of the molecule is COc1ccccc1[C@@H]1CC(c2cccs2)=NN1C(=O)CN(C)C(=O)C1CCC1. The Morgan fingerprint density at radius 1 is 1.24 bits per heavy atom. The second-order valence-corrected chi connectivity index (χ2v) is 8.49. The third kappa shape index (κ3) is 3.92. The smallest absolute Gasteiger partial charge is 0.262 e. The predicted molar refractivity (Wildman–Crippen MR) is 113 cm³/mol. The van der Waals surface area contributed by atoms with Gasteiger partial charge in [0.2, 0.25) is 5.91 Å². The lowest BCUT2D eigenvalue weighted by Gasteiger charge is -2.30. The summed E-state index contributed by atoms with van der Waals surface area (Å²) in [4.78, 5) is 28.3. The van der Waals surface area contributed by atoms with Gasteiger partial charge in [0.05, 0.1) is 23.7 Å². The summed E-state index contributed by atoms with van der Waals surface area (Å²) in [5.74, 6) is 0.682. The minimum atomic E-state index is -0.247. The number of hydrogen-bond acceptors (Lipinski definition) is 5. The molecule has 1 fully saturated rings. The number of carbonyl (C=O) groups is 2. The van der Waals surface area contributed by atoms with Crippen LogP contribution >= 0.6 is 11.3 Å². The average Bonchev–Trinajstić information content (AvgIpc) is 3.36. The standard InChI is InChI=1S/C22H25N3O3S/c1-24(22(27)15-7-5-8-15)14-21(26)25-18(16-9-3-4-10-19(16)28-2)13-17(23-25)20-11-6-12-29-20/h3-4,6,9-12,15,18H,5,7-8,13-14H2,1-2H3/t18-/m0/s1. The van der Waals surface area contributed by atoms with Crippen LogP contribution in [0.25, 0.3) is 0 Å². The number of amides is 2. The Morgan fingerprint density at radius 3 is 2.69 bits per heavy atom. The van der Waals surface area contributed by atoms with E-state index in [-0.39, 0.29) is 30.3 Å². The first-order valence-electron chi connectivity index (χ1n) is 9.89. The Balaban J connectivity index is 1.59. The Morgan fingerprint density at radius 2 is 2.03 bits per heavy atom. The van der Waals surface area contributed by atoms with Gasteiger partial charge in [-0.1, -0.05) is 30.7 Å². The van der Waals surface area contributed by atoms with Gasteiger partial charge in [-0.25, -0.2) is 5.01 Å². The van der Waals surface area contributed by atoms with Crippen LogP contribution in [-0.2, 0) is 9.59 Å². The molecule has 0 N–H and O–H groups in total. The summed E-state index contributed by atoms with van der Waals surface area (Å²) in [7, 11) is 3.34. The summed E-state index contributed by atoms with van der Waals surface area (Å²) in [5.41, 5.74) is 1.81. The van der Waals surface area contributed by atoms with E-state index in [0.29, 0.717) is 6.42 Å². The highest BCUT2D eigenvalue weighted by Gasteiger charge is 2.36. The maximum atomic E-state index is 13.2. The fraction of sp³-hybridized carbons (Fsp3) is 0.409. The first-order chi connectivity index (χ1) is 14.1. The van der Waals surface area contributed by atoms with Crippen LogP contribution in [0.5, 0.6) is 5.75 Å². The fourth-order valence-electron chi connectivity index (χ4n) is 3.84. The molecular weight excluding hydrogens is 386 g/mol. The van der Waals surface area contributed by atoms with Gasteiger partial charge in [0, 0.05) is 24.9 Å². The lowest BCUT2D eigenvalue weighted by molar-refractivity contribution is -0.144. The number of nitrogens with zero attached hydrogens (tertiary/aromatic N) is 3. The average molecular weight is 412 g/mol. The molecule has 2 aromatic rings. The number of carbonyl (C=O) groups excluding carboxylic acids is 2. The molecule has 0 saturated heterocycles. The number of hydrazone groups is 1. The Labute approximate surface area is 174 Å². The number of methoxy groups -OCH3 is 1. The number of rotatable bonds is 6. The summed E-state index contributed by atoms with van der Waals surface area (Å²) in [6.45, 7) is 0.0300. The molecule has 2 heterocycles. The Hall–Kier alpha value is -2.67. The Kier molecular flexibility index (Phi) is 5.67. The van der Waals surface area contributed by atoms with Crippen LogP contribution in [-0.4, -0.2) is 48.1 Å². The number of para-hydroxylation sites is 1. The van der Waals surface area contributed by atoms with Crippen molar-refractivity contribution in [3.8, 4) is 5.75 Å². The van der Waals surface area contributed by atoms with Crippen LogP contribution in [0.3, 0.4) is 0 Å². The molecule has 0 radical (unpaired) electrons. The molecule has 7 heteroatoms. The first-order valence-corrected chi connectivity index (χ1v) is 10.8. The molecule has 1 atom stereocenters. The quantitative estimate of drug-likeness (QED) is 0.728. The summed E-state index contributed by atoms with van der Waals surface area (Å²) >= 11 is 1.61. The number of benzene rings is 1. The minimum Gasteiger partial charge on any atom is -0.496 e. The lowest BCUT2D eigenvalue weighted by Crippen LogP contribution is -2.42. The van der Waals surface area contributed by atoms with E-state index in [9.17, 15) is 9.59 Å². The van der Waals surface area contributed by atoms with Crippen molar-refractivity contribution in [2.24, 2.45) is 11.0 Å². The molecule has 1 aromatic heterocycles. The van der Waals surface area contributed by atoms with Gasteiger partial charge >= 0.3 is 0 Å². The van der Waals surface area contributed by atoms with E-state index in [1.807, 2.05) is 41.8 Å². The minimum absolute atomic E-state index is 0.0300. The van der Waals surface area contributed by atoms with Gasteiger partial charge in [-0.05, 0) is 30.4 Å². The monoisotopic (exact) mass is 411 g/mol. The van der Waals surface area contributed by atoms with E-state index in [1.54, 1.807) is 30.4 Å². The molecule has 1 aliphatic heterocycles. The highest BCUT2D eigenvalue weighted by atomic mass is 32.1. The zero-order valence-corrected chi connectivity index (χ0v) is 17.5. The van der Waals surface area contributed by atoms with Gasteiger partial charge in [-0.3, -0.25) is 9.59 Å². The molecule has 0 unspecified atom stereocenters. The predicted octanol–water partition coefficient (Wildman–Crippen LogP) is 3.69. The van der Waals surface area contributed by atoms with E-state index in [1.165, 1.54) is 5.01 Å². The maximum Gasteiger partial charge on any atom is 0.262 e. The Bertz CT molecular complexity index is 921. The van der Waals surface area contributed by atoms with Gasteiger partial charge in [-0.15, -0.1) is 11.3 Å². The third-order valence-electron chi connectivity index (χ3n) is 5.67. The molecule has 2 amide bonds. The van der Waals surface area contributed by atoms with Crippen LogP contribution in [0.1, 0.15) is 42.2 Å². The zero-order chi connectivity index (χ0) is 20.4. The molecular formula is C22H25N3O3S. The summed E-state index contributed by atoms with van der Waals surface area (Å²) in [5, 5.41) is 8.22. The molecule has 6 nitrogen and oxygen atoms in total. The molecule has 1 aromatic carbocycles. The number of hydrogen-bond donors (Lipinski definition) is 0. The van der Waals surface area contributed by atoms with Crippen molar-refractivity contribution < 1.29 is 14.3 Å². The van der Waals surface area contributed by atoms with E-state index < -0.39 is 0 Å². The molecule has 4 rings (SSSR count). The number of thiophene rings is 1. The third-order valence-corrected chi connectivity index (χ3v) is 6.59. The summed E-state index contributed by atoms with van der Waals surface area (Å²) in [6, 6.07) is 11.5. The van der Waals surface area contributed by atoms with Gasteiger partial charge in [-0.2, -0.15) is 5.10 Å². The second kappa shape index (κ2) is 8.37. The molecule has 0 bridgehead atoms. The summed E-state index contributed by atoms with van der Waals surface area (Å²) in [6.07, 6.45) is 3.55. The lowest BCUT2D eigenvalue weighted by atomic mass is 9.84. The second-order valence-electron chi connectivity index (χ2n) is 7.55. The topological polar surface area (TPSA) is 62.2 Å². The van der Waals surface area contributed by atoms with Crippen molar-refractivity contribution >= 4 is 28.9 Å². The molecule has 1 saturated carbocycles. The van der Waals surface area contributed by atoms with Crippen molar-refractivity contribution in [2.75, 3.05) is 20.7 Å². The highest BCUT2D eigenvalue weighted by Crippen LogP contribution is 2.38. The van der Waals surface area contributed by atoms with Crippen LogP contribution in [0.4, 0.5) is 0 Å². The highest BCUT2D eigenvalue weighted by molar-refractivity contribution is 7.12. The summed E-state index contributed by atoms with van der Waals surface area (Å²) < 4.78 is 5.53. The normalized spacial score (nSPS) is 18.9. The van der Waals surface area contributed by atoms with Crippen molar-refractivity contribution in [3.63, 3.8) is 0 Å². The van der Waals surface area contributed by atoms with Crippen LogP contribution < -0.4 is 4.74 Å². The molecule has 1 aliphatic carbocycles. The zero-order valence-electron chi connectivity index (χ0n) is 16.7. The number of likely N-dealkylation sites (N-methyl/N-ethyl adjacent to an activating group) is 1. The molecule has 152 valence electrons. The van der Waals surface area contributed by atoms with Crippen LogP contribution in [0.2, 0.25) is 0 Å². The van der Waals surface area contributed by atoms with E-state index in [0.717, 1.165) is 41.2 Å². The van der Waals surface area contributed by atoms with E-state index >= 15 is 0 Å². The van der Waals surface area contributed by atoms with Crippen molar-refractivity contribution in [1.29, 1.82) is 0 Å². The van der Waals surface area contributed by atoms with Crippen LogP contribution in [0, 0.1) is 5.92 Å². The van der Waals surface area contributed by atoms with Crippen molar-refractivity contribution in [1.82, 2.24) is 9.91 Å². The van der Waals surface area contributed by atoms with E-state index in [4.69, 9.17) is 4.74 Å². The molecule has 2 aliphatic rings. The van der Waals surface area contributed by atoms with Crippen molar-refractivity contribution in [3.05, 3.63) is 52.2 Å². The van der Waals surface area contributed by atoms with Crippen molar-refractivity contribution in [2.45, 2.75) is 31.7 Å².